The van der Waals surface area contributed by atoms with Crippen molar-refractivity contribution < 1.29 is 22.7 Å². The molecule has 2 unspecified atom stereocenters. The number of sulfone groups is 1. The van der Waals surface area contributed by atoms with Gasteiger partial charge in [0.2, 0.25) is 0 Å². The lowest BCUT2D eigenvalue weighted by Gasteiger charge is -2.18. The van der Waals surface area contributed by atoms with E-state index >= 15 is 0 Å². The van der Waals surface area contributed by atoms with Crippen LogP contribution in [0.4, 0.5) is 4.39 Å². The number of aliphatic hydroxyl groups is 1. The highest BCUT2D eigenvalue weighted by atomic mass is 32.2. The van der Waals surface area contributed by atoms with Gasteiger partial charge >= 0.3 is 0 Å². The molecule has 2 atom stereocenters. The van der Waals surface area contributed by atoms with Crippen LogP contribution in [0.2, 0.25) is 0 Å². The van der Waals surface area contributed by atoms with Crippen LogP contribution in [0, 0.1) is 5.82 Å². The summed E-state index contributed by atoms with van der Waals surface area (Å²) in [4.78, 5) is 0. The van der Waals surface area contributed by atoms with E-state index in [9.17, 15) is 17.9 Å². The van der Waals surface area contributed by atoms with E-state index < -0.39 is 22.0 Å². The van der Waals surface area contributed by atoms with Gasteiger partial charge in [-0.05, 0) is 24.7 Å². The van der Waals surface area contributed by atoms with Gasteiger partial charge in [0.25, 0.3) is 0 Å². The van der Waals surface area contributed by atoms with Crippen LogP contribution in [0.15, 0.2) is 18.2 Å². The van der Waals surface area contributed by atoms with Crippen LogP contribution in [0.25, 0.3) is 0 Å². The summed E-state index contributed by atoms with van der Waals surface area (Å²) in [5.41, 5.74) is 0.600. The van der Waals surface area contributed by atoms with Gasteiger partial charge in [-0.15, -0.1) is 0 Å². The van der Waals surface area contributed by atoms with Crippen molar-refractivity contribution >= 4 is 9.84 Å². The number of benzene rings is 1. The first-order chi connectivity index (χ1) is 9.41. The fraction of sp³-hybridized carbons (Fsp3) is 0.538. The van der Waals surface area contributed by atoms with E-state index in [1.165, 1.54) is 18.2 Å². The van der Waals surface area contributed by atoms with Gasteiger partial charge in [-0.25, -0.2) is 12.8 Å². The van der Waals surface area contributed by atoms with Crippen molar-refractivity contribution in [2.45, 2.75) is 25.7 Å². The van der Waals surface area contributed by atoms with Crippen molar-refractivity contribution in [2.75, 3.05) is 18.1 Å². The molecule has 0 amide bonds. The van der Waals surface area contributed by atoms with Crippen LogP contribution in [0.1, 0.15) is 12.5 Å². The van der Waals surface area contributed by atoms with E-state index in [1.54, 1.807) is 0 Å². The molecule has 2 rings (SSSR count). The molecule has 1 fully saturated rings. The molecule has 1 aliphatic heterocycles. The Labute approximate surface area is 117 Å². The Bertz CT molecular complexity index is 576. The minimum absolute atomic E-state index is 0.216. The van der Waals surface area contributed by atoms with Crippen molar-refractivity contribution in [2.24, 2.45) is 0 Å². The summed E-state index contributed by atoms with van der Waals surface area (Å²) < 4.78 is 41.7. The molecule has 0 spiro atoms. The second-order valence-corrected chi connectivity index (χ2v) is 6.99. The van der Waals surface area contributed by atoms with Crippen LogP contribution < -0.4 is 10.1 Å². The molecule has 0 aliphatic carbocycles. The lowest BCUT2D eigenvalue weighted by molar-refractivity contribution is 0.0730. The SMILES string of the molecule is CCNCc1cc(F)ccc1OC1CS(=O)(=O)CC1O. The highest BCUT2D eigenvalue weighted by Gasteiger charge is 2.38. The third kappa shape index (κ3) is 3.68. The van der Waals surface area contributed by atoms with Gasteiger partial charge in [-0.2, -0.15) is 0 Å². The molecule has 2 N–H and O–H groups in total. The molecule has 0 aromatic heterocycles. The van der Waals surface area contributed by atoms with Gasteiger partial charge in [0.15, 0.2) is 9.84 Å². The molecule has 0 bridgehead atoms. The number of hydrogen-bond donors (Lipinski definition) is 2. The zero-order valence-electron chi connectivity index (χ0n) is 11.2. The van der Waals surface area contributed by atoms with Crippen LogP contribution in [0.3, 0.4) is 0 Å². The van der Waals surface area contributed by atoms with Gasteiger partial charge in [0.05, 0.1) is 11.5 Å². The predicted octanol–water partition coefficient (Wildman–Crippen LogP) is 0.472. The minimum atomic E-state index is -3.27. The van der Waals surface area contributed by atoms with Crippen molar-refractivity contribution in [3.05, 3.63) is 29.6 Å². The summed E-state index contributed by atoms with van der Waals surface area (Å²) in [6.07, 6.45) is -1.84. The zero-order chi connectivity index (χ0) is 14.8. The Morgan fingerprint density at radius 2 is 2.20 bits per heavy atom. The van der Waals surface area contributed by atoms with E-state index in [1.807, 2.05) is 6.92 Å². The van der Waals surface area contributed by atoms with E-state index in [0.717, 1.165) is 6.54 Å². The maximum absolute atomic E-state index is 13.3. The first kappa shape index (κ1) is 15.2. The second-order valence-electron chi connectivity index (χ2n) is 4.83. The number of rotatable bonds is 5. The highest BCUT2D eigenvalue weighted by Crippen LogP contribution is 2.25. The molecule has 5 nitrogen and oxygen atoms in total. The first-order valence-corrected chi connectivity index (χ1v) is 8.27. The number of ether oxygens (including phenoxy) is 1. The van der Waals surface area contributed by atoms with E-state index in [4.69, 9.17) is 4.74 Å². The smallest absolute Gasteiger partial charge is 0.156 e. The fourth-order valence-corrected chi connectivity index (χ4v) is 3.80. The quantitative estimate of drug-likeness (QED) is 0.827. The van der Waals surface area contributed by atoms with Crippen molar-refractivity contribution in [1.29, 1.82) is 0 Å². The maximum Gasteiger partial charge on any atom is 0.156 e. The number of aliphatic hydroxyl groups excluding tert-OH is 1. The Morgan fingerprint density at radius 1 is 1.45 bits per heavy atom. The first-order valence-electron chi connectivity index (χ1n) is 6.45. The third-order valence-corrected chi connectivity index (χ3v) is 4.82. The molecule has 1 aromatic rings. The van der Waals surface area contributed by atoms with E-state index in [-0.39, 0.29) is 17.3 Å². The van der Waals surface area contributed by atoms with Crippen molar-refractivity contribution in [3.8, 4) is 5.75 Å². The average molecular weight is 303 g/mol. The largest absolute Gasteiger partial charge is 0.486 e. The molecular weight excluding hydrogens is 285 g/mol. The van der Waals surface area contributed by atoms with Gasteiger partial charge in [-0.1, -0.05) is 6.92 Å². The third-order valence-electron chi connectivity index (χ3n) is 3.14. The molecule has 1 saturated heterocycles. The van der Waals surface area contributed by atoms with E-state index in [0.29, 0.717) is 17.9 Å². The molecule has 20 heavy (non-hydrogen) atoms. The fourth-order valence-electron chi connectivity index (χ4n) is 2.13. The minimum Gasteiger partial charge on any atom is -0.486 e. The van der Waals surface area contributed by atoms with Gasteiger partial charge in [0, 0.05) is 12.1 Å². The molecule has 112 valence electrons. The standard InChI is InChI=1S/C13H18FNO4S/c1-2-15-6-9-5-10(14)3-4-12(9)19-13-8-20(17,18)7-11(13)16/h3-5,11,13,15-16H,2,6-8H2,1H3. The molecule has 1 aliphatic rings. The van der Waals surface area contributed by atoms with Crippen molar-refractivity contribution in [1.82, 2.24) is 5.32 Å². The molecular formula is C13H18FNO4S. The van der Waals surface area contributed by atoms with Gasteiger partial charge < -0.3 is 15.2 Å². The molecule has 1 aromatic carbocycles. The van der Waals surface area contributed by atoms with Crippen LogP contribution in [-0.2, 0) is 16.4 Å². The van der Waals surface area contributed by atoms with Crippen molar-refractivity contribution in [3.63, 3.8) is 0 Å². The average Bonchev–Trinajstić information content (AvgIpc) is 2.62. The lowest BCUT2D eigenvalue weighted by Crippen LogP contribution is -2.30. The van der Waals surface area contributed by atoms with Crippen LogP contribution in [-0.4, -0.2) is 43.8 Å². The van der Waals surface area contributed by atoms with E-state index in [2.05, 4.69) is 5.32 Å². The molecule has 7 heteroatoms. The Morgan fingerprint density at radius 3 is 2.80 bits per heavy atom. The summed E-state index contributed by atoms with van der Waals surface area (Å²) in [5, 5.41) is 12.8. The Balaban J connectivity index is 2.16. The zero-order valence-corrected chi connectivity index (χ0v) is 12.0. The van der Waals surface area contributed by atoms with Gasteiger partial charge in [-0.3, -0.25) is 0 Å². The predicted molar refractivity (Wildman–Crippen MR) is 72.9 cm³/mol. The molecule has 0 radical (unpaired) electrons. The summed E-state index contributed by atoms with van der Waals surface area (Å²) >= 11 is 0. The summed E-state index contributed by atoms with van der Waals surface area (Å²) in [6, 6.07) is 4.05. The van der Waals surface area contributed by atoms with Gasteiger partial charge in [0.1, 0.15) is 23.8 Å². The lowest BCUT2D eigenvalue weighted by atomic mass is 10.2. The Kier molecular flexibility index (Phi) is 4.62. The highest BCUT2D eigenvalue weighted by molar-refractivity contribution is 7.91. The Hall–Kier alpha value is -1.18. The monoisotopic (exact) mass is 303 g/mol. The molecule has 0 saturated carbocycles. The topological polar surface area (TPSA) is 75.6 Å². The van der Waals surface area contributed by atoms with Crippen LogP contribution in [0.5, 0.6) is 5.75 Å². The number of hydrogen-bond acceptors (Lipinski definition) is 5. The van der Waals surface area contributed by atoms with Crippen LogP contribution >= 0.6 is 0 Å². The summed E-state index contributed by atoms with van der Waals surface area (Å²) in [5.74, 6) is -0.494. The maximum atomic E-state index is 13.3. The second kappa shape index (κ2) is 6.07. The normalized spacial score (nSPS) is 24.8. The molecule has 1 heterocycles. The number of nitrogens with one attached hydrogen (secondary N) is 1. The summed E-state index contributed by atoms with van der Waals surface area (Å²) in [7, 11) is -3.27. The number of halogens is 1. The summed E-state index contributed by atoms with van der Waals surface area (Å²) in [6.45, 7) is 3.06.